The summed E-state index contributed by atoms with van der Waals surface area (Å²) in [6, 6.07) is 44.9. The van der Waals surface area contributed by atoms with E-state index in [0.29, 0.717) is 0 Å². The van der Waals surface area contributed by atoms with Gasteiger partial charge in [0.2, 0.25) is 5.69 Å². The maximum atomic E-state index is 2.60. The number of hydrogen-bond acceptors (Lipinski definition) is 0. The number of hydrogen-bond donors (Lipinski definition) is 0. The van der Waals surface area contributed by atoms with Crippen LogP contribution >= 0.6 is 0 Å². The fourth-order valence-electron chi connectivity index (χ4n) is 7.91. The van der Waals surface area contributed by atoms with E-state index in [-0.39, 0.29) is 11.0 Å². The maximum absolute atomic E-state index is 2.60. The van der Waals surface area contributed by atoms with Gasteiger partial charge in [0.25, 0.3) is 0 Å². The fraction of sp³-hybridized carbons (Fsp3) is 0.195. The molecule has 0 saturated heterocycles. The second-order valence-electron chi connectivity index (χ2n) is 12.7. The molecule has 43 heavy (non-hydrogen) atoms. The Kier molecular flexibility index (Phi) is 5.68. The largest absolute Gasteiger partial charge is 0.309 e. The Morgan fingerprint density at radius 2 is 1.28 bits per heavy atom. The van der Waals surface area contributed by atoms with Crippen molar-refractivity contribution in [3.63, 3.8) is 0 Å². The van der Waals surface area contributed by atoms with E-state index in [1.165, 1.54) is 66.2 Å². The number of nitrogens with zero attached hydrogens (tertiary/aromatic N) is 2. The van der Waals surface area contributed by atoms with Crippen molar-refractivity contribution in [2.24, 2.45) is 0 Å². The summed E-state index contributed by atoms with van der Waals surface area (Å²) in [6.45, 7) is 9.64. The topological polar surface area (TPSA) is 8.81 Å². The number of rotatable bonds is 4. The number of para-hydroxylation sites is 2. The van der Waals surface area contributed by atoms with Crippen LogP contribution in [-0.2, 0) is 11.0 Å². The zero-order valence-corrected chi connectivity index (χ0v) is 25.4. The van der Waals surface area contributed by atoms with Gasteiger partial charge in [0.1, 0.15) is 0 Å². The van der Waals surface area contributed by atoms with Gasteiger partial charge in [-0.15, -0.1) is 0 Å². The van der Waals surface area contributed by atoms with Crippen LogP contribution in [0.25, 0.3) is 60.6 Å². The van der Waals surface area contributed by atoms with E-state index in [1.54, 1.807) is 0 Å². The highest BCUT2D eigenvalue weighted by Gasteiger charge is 2.56. The van der Waals surface area contributed by atoms with Crippen molar-refractivity contribution in [2.75, 3.05) is 0 Å². The summed E-state index contributed by atoms with van der Waals surface area (Å²) in [6.07, 6.45) is 4.55. The van der Waals surface area contributed by atoms with Gasteiger partial charge in [0.05, 0.1) is 22.0 Å². The van der Waals surface area contributed by atoms with Gasteiger partial charge in [-0.25, -0.2) is 0 Å². The maximum Gasteiger partial charge on any atom is 0.213 e. The van der Waals surface area contributed by atoms with Gasteiger partial charge in [-0.3, -0.25) is 0 Å². The lowest BCUT2D eigenvalue weighted by molar-refractivity contribution is -0.764. The van der Waals surface area contributed by atoms with Gasteiger partial charge in [0.15, 0.2) is 11.7 Å². The lowest BCUT2D eigenvalue weighted by atomic mass is 9.60. The predicted octanol–water partition coefficient (Wildman–Crippen LogP) is 10.4. The first-order valence-electron chi connectivity index (χ1n) is 15.7. The number of pyridine rings is 1. The van der Waals surface area contributed by atoms with Crippen LogP contribution in [0.2, 0.25) is 0 Å². The molecule has 2 atom stereocenters. The van der Waals surface area contributed by atoms with Crippen LogP contribution in [0, 0.1) is 0 Å². The van der Waals surface area contributed by atoms with E-state index >= 15 is 0 Å². The molecule has 2 nitrogen and oxygen atoms in total. The fourth-order valence-corrected chi connectivity index (χ4v) is 7.91. The lowest BCUT2D eigenvalue weighted by Crippen LogP contribution is -2.67. The molecule has 0 spiro atoms. The Hall–Kier alpha value is -4.69. The first-order chi connectivity index (χ1) is 21.0. The zero-order valence-electron chi connectivity index (χ0n) is 25.4. The highest BCUT2D eigenvalue weighted by molar-refractivity contribution is 6.10. The molecule has 2 aromatic heterocycles. The average Bonchev–Trinajstić information content (AvgIpc) is 3.40. The minimum atomic E-state index is -0.0339. The van der Waals surface area contributed by atoms with E-state index < -0.39 is 0 Å². The zero-order chi connectivity index (χ0) is 29.3. The van der Waals surface area contributed by atoms with Crippen LogP contribution in [-0.4, -0.2) is 4.57 Å². The van der Waals surface area contributed by atoms with E-state index in [2.05, 4.69) is 164 Å². The minimum absolute atomic E-state index is 0.00277. The Morgan fingerprint density at radius 3 is 2.07 bits per heavy atom. The van der Waals surface area contributed by atoms with Gasteiger partial charge in [-0.1, -0.05) is 86.6 Å². The summed E-state index contributed by atoms with van der Waals surface area (Å²) < 4.78 is 4.99. The molecule has 1 aliphatic rings. The van der Waals surface area contributed by atoms with E-state index in [4.69, 9.17) is 0 Å². The van der Waals surface area contributed by atoms with E-state index in [9.17, 15) is 0 Å². The van der Waals surface area contributed by atoms with Crippen LogP contribution in [0.15, 0.2) is 128 Å². The first-order valence-corrected chi connectivity index (χ1v) is 15.7. The van der Waals surface area contributed by atoms with E-state index in [0.717, 1.165) is 12.8 Å². The number of fused-ring (bicyclic) bond motifs is 7. The third kappa shape index (κ3) is 3.56. The van der Waals surface area contributed by atoms with Crippen molar-refractivity contribution >= 4 is 32.6 Å². The molecule has 0 saturated carbocycles. The third-order valence-electron chi connectivity index (χ3n) is 10.8. The van der Waals surface area contributed by atoms with E-state index in [1.807, 2.05) is 0 Å². The Balaban J connectivity index is 1.37. The normalized spacial score (nSPS) is 19.5. The summed E-state index contributed by atoms with van der Waals surface area (Å²) in [5, 5.41) is 5.15. The average molecular weight is 558 g/mol. The second-order valence-corrected chi connectivity index (χ2v) is 12.7. The molecule has 3 heterocycles. The van der Waals surface area contributed by atoms with Gasteiger partial charge >= 0.3 is 0 Å². The molecule has 8 rings (SSSR count). The smallest absolute Gasteiger partial charge is 0.213 e. The van der Waals surface area contributed by atoms with Gasteiger partial charge in [-0.05, 0) is 77.9 Å². The van der Waals surface area contributed by atoms with Crippen LogP contribution in [0.4, 0.5) is 0 Å². The lowest BCUT2D eigenvalue weighted by Gasteiger charge is -2.46. The molecule has 1 aliphatic heterocycles. The number of benzene rings is 5. The van der Waals surface area contributed by atoms with Crippen molar-refractivity contribution in [1.82, 2.24) is 4.57 Å². The highest BCUT2D eigenvalue weighted by Crippen LogP contribution is 2.50. The molecule has 2 unspecified atom stereocenters. The van der Waals surface area contributed by atoms with Gasteiger partial charge < -0.3 is 4.57 Å². The molecule has 0 bridgehead atoms. The molecule has 0 N–H and O–H groups in total. The molecule has 7 aromatic rings. The summed E-state index contributed by atoms with van der Waals surface area (Å²) in [4.78, 5) is 0. The molecule has 0 aliphatic carbocycles. The van der Waals surface area contributed by atoms with Crippen LogP contribution in [0.1, 0.15) is 46.1 Å². The summed E-state index contributed by atoms with van der Waals surface area (Å²) in [5.41, 5.74) is 10.3. The molecular weight excluding hydrogens is 520 g/mol. The second kappa shape index (κ2) is 9.41. The van der Waals surface area contributed by atoms with Crippen molar-refractivity contribution in [3.8, 4) is 28.1 Å². The molecule has 0 fully saturated rings. The first kappa shape index (κ1) is 26.0. The van der Waals surface area contributed by atoms with Gasteiger partial charge in [-0.2, -0.15) is 4.57 Å². The SMILES string of the molecule is CCC1(C)c2ccc(-c3ccc4c(c3)c3ccccc3n4-c3ccccc3)cc2-c2cc3ccccc3c[n+]2C1(C)CC. The Bertz CT molecular complexity index is 2190. The standard InChI is InChI=1S/C41H37N2/c1-5-40(3)36-22-20-29(25-35(36)39-26-28-14-10-11-15-31(28)27-42(39)41(40,4)6-2)30-21-23-38-34(24-30)33-18-12-13-19-37(33)43(38)32-16-8-7-9-17-32/h7-27H,5-6H2,1-4H3/q+1. The quantitative estimate of drug-likeness (QED) is 0.190. The molecule has 210 valence electrons. The van der Waals surface area contributed by atoms with Crippen LogP contribution < -0.4 is 4.57 Å². The van der Waals surface area contributed by atoms with Crippen molar-refractivity contribution < 1.29 is 4.57 Å². The molecular formula is C41H37N2+. The molecule has 5 aromatic carbocycles. The minimum Gasteiger partial charge on any atom is -0.309 e. The van der Waals surface area contributed by atoms with Crippen LogP contribution in [0.5, 0.6) is 0 Å². The number of aromatic nitrogens is 2. The molecule has 2 heteroatoms. The molecule has 0 radical (unpaired) electrons. The Labute approximate surface area is 253 Å². The Morgan fingerprint density at radius 1 is 0.605 bits per heavy atom. The third-order valence-corrected chi connectivity index (χ3v) is 10.8. The van der Waals surface area contributed by atoms with Crippen molar-refractivity contribution in [3.05, 3.63) is 133 Å². The van der Waals surface area contributed by atoms with Gasteiger partial charge in [0, 0.05) is 41.3 Å². The molecule has 0 amide bonds. The predicted molar refractivity (Wildman–Crippen MR) is 181 cm³/mol. The highest BCUT2D eigenvalue weighted by atomic mass is 15.1. The van der Waals surface area contributed by atoms with Crippen molar-refractivity contribution in [1.29, 1.82) is 0 Å². The van der Waals surface area contributed by atoms with Crippen molar-refractivity contribution in [2.45, 2.75) is 51.5 Å². The summed E-state index contributed by atoms with van der Waals surface area (Å²) >= 11 is 0. The summed E-state index contributed by atoms with van der Waals surface area (Å²) in [5.74, 6) is 0. The van der Waals surface area contributed by atoms with Crippen LogP contribution in [0.3, 0.4) is 0 Å². The monoisotopic (exact) mass is 557 g/mol. The summed E-state index contributed by atoms with van der Waals surface area (Å²) in [7, 11) is 0.